The summed E-state index contributed by atoms with van der Waals surface area (Å²) in [5.41, 5.74) is 6.74. The molecule has 1 aliphatic heterocycles. The molecule has 34 heavy (non-hydrogen) atoms. The molecule has 0 saturated carbocycles. The van der Waals surface area contributed by atoms with Crippen molar-refractivity contribution in [1.29, 1.82) is 0 Å². The van der Waals surface area contributed by atoms with E-state index >= 15 is 0 Å². The van der Waals surface area contributed by atoms with E-state index in [9.17, 15) is 19.3 Å². The molecule has 11 heteroatoms. The Balaban J connectivity index is 1.27. The minimum absolute atomic E-state index is 0.180. The normalized spacial score (nSPS) is 14.4. The van der Waals surface area contributed by atoms with Crippen molar-refractivity contribution in [3.05, 3.63) is 69.3 Å². The van der Waals surface area contributed by atoms with Crippen molar-refractivity contribution >= 4 is 17.3 Å². The summed E-state index contributed by atoms with van der Waals surface area (Å²) in [6.45, 7) is 4.90. The first-order valence-electron chi connectivity index (χ1n) is 11.0. The van der Waals surface area contributed by atoms with Crippen molar-refractivity contribution in [3.8, 4) is 11.4 Å². The highest BCUT2D eigenvalue weighted by molar-refractivity contribution is 6.01. The highest BCUT2D eigenvalue weighted by atomic mass is 19.1. The first kappa shape index (κ1) is 23.3. The molecule has 4 rings (SSSR count). The van der Waals surface area contributed by atoms with Crippen molar-refractivity contribution in [1.82, 2.24) is 19.9 Å². The van der Waals surface area contributed by atoms with Crippen LogP contribution in [0.15, 0.2) is 40.9 Å². The van der Waals surface area contributed by atoms with Crippen molar-refractivity contribution in [2.75, 3.05) is 38.5 Å². The largest absolute Gasteiger partial charge is 0.393 e. The molecule has 1 aliphatic rings. The molecule has 178 valence electrons. The number of amides is 1. The van der Waals surface area contributed by atoms with Crippen LogP contribution in [0, 0.1) is 22.9 Å². The van der Waals surface area contributed by atoms with E-state index in [0.717, 1.165) is 36.2 Å². The topological polar surface area (TPSA) is 132 Å². The number of rotatable bonds is 7. The minimum Gasteiger partial charge on any atom is -0.393 e. The first-order valence-corrected chi connectivity index (χ1v) is 11.0. The Labute approximate surface area is 195 Å². The molecule has 0 unspecified atom stereocenters. The number of hydrogen-bond donors (Lipinski definition) is 1. The Bertz CT molecular complexity index is 1190. The van der Waals surface area contributed by atoms with Crippen molar-refractivity contribution in [2.24, 2.45) is 0 Å². The van der Waals surface area contributed by atoms with Crippen LogP contribution in [0.4, 0.5) is 15.8 Å². The molecule has 1 aromatic heterocycles. The summed E-state index contributed by atoms with van der Waals surface area (Å²) >= 11 is 0. The molecule has 1 fully saturated rings. The predicted octanol–water partition coefficient (Wildman–Crippen LogP) is 3.07. The fraction of sp³-hybridized carbons (Fsp3) is 0.348. The van der Waals surface area contributed by atoms with Crippen LogP contribution in [0.2, 0.25) is 0 Å². The third-order valence-electron chi connectivity index (χ3n) is 5.85. The second-order valence-electron chi connectivity index (χ2n) is 8.26. The van der Waals surface area contributed by atoms with Crippen molar-refractivity contribution in [3.63, 3.8) is 0 Å². The third kappa shape index (κ3) is 5.20. The van der Waals surface area contributed by atoms with Crippen LogP contribution in [0.3, 0.4) is 0 Å². The van der Waals surface area contributed by atoms with E-state index in [4.69, 9.17) is 10.3 Å². The lowest BCUT2D eigenvalue weighted by Crippen LogP contribution is -2.49. The van der Waals surface area contributed by atoms with E-state index in [-0.39, 0.29) is 11.3 Å². The van der Waals surface area contributed by atoms with Gasteiger partial charge >= 0.3 is 0 Å². The summed E-state index contributed by atoms with van der Waals surface area (Å²) in [7, 11) is 0. The number of nitrogen functional groups attached to an aromatic ring is 1. The summed E-state index contributed by atoms with van der Waals surface area (Å²) in [6, 6.07) is 9.59. The van der Waals surface area contributed by atoms with E-state index in [1.54, 1.807) is 0 Å². The molecule has 0 radical (unpaired) electrons. The number of halogens is 1. The molecule has 2 N–H and O–H groups in total. The SMILES string of the molecule is Cc1ccc(-c2noc(CCCN3CCN(C(=O)c4cc(F)cc([N+](=O)[O-])c4N)CC3)n2)cc1. The molecule has 0 aliphatic carbocycles. The average molecular weight is 468 g/mol. The van der Waals surface area contributed by atoms with Crippen LogP contribution in [0.5, 0.6) is 0 Å². The second-order valence-corrected chi connectivity index (χ2v) is 8.26. The molecule has 1 saturated heterocycles. The number of carbonyl (C=O) groups excluding carboxylic acids is 1. The standard InChI is InChI=1S/C23H25FN6O4/c1-15-4-6-16(7-5-15)22-26-20(34-27-22)3-2-8-28-9-11-29(12-10-28)23(31)18-13-17(24)14-19(21(18)25)30(32)33/h4-7,13-14H,2-3,8-12,25H2,1H3. The number of hydrogen-bond acceptors (Lipinski definition) is 8. The Morgan fingerprint density at radius 2 is 1.91 bits per heavy atom. The molecular formula is C23H25FN6O4. The van der Waals surface area contributed by atoms with Crippen LogP contribution in [0.1, 0.15) is 28.2 Å². The highest BCUT2D eigenvalue weighted by Gasteiger charge is 2.27. The van der Waals surface area contributed by atoms with Crippen LogP contribution in [-0.4, -0.2) is 63.5 Å². The number of anilines is 1. The minimum atomic E-state index is -0.866. The number of nitrogens with zero attached hydrogens (tertiary/aromatic N) is 5. The maximum absolute atomic E-state index is 13.8. The molecule has 2 heterocycles. The number of nitrogens with two attached hydrogens (primary N) is 1. The molecule has 0 bridgehead atoms. The highest BCUT2D eigenvalue weighted by Crippen LogP contribution is 2.28. The van der Waals surface area contributed by atoms with Crippen molar-refractivity contribution in [2.45, 2.75) is 19.8 Å². The van der Waals surface area contributed by atoms with Gasteiger partial charge in [-0.25, -0.2) is 4.39 Å². The lowest BCUT2D eigenvalue weighted by molar-refractivity contribution is -0.384. The van der Waals surface area contributed by atoms with Crippen LogP contribution in [0.25, 0.3) is 11.4 Å². The Kier molecular flexibility index (Phi) is 6.82. The van der Waals surface area contributed by atoms with Gasteiger partial charge in [0.15, 0.2) is 0 Å². The van der Waals surface area contributed by atoms with Gasteiger partial charge in [-0.3, -0.25) is 19.8 Å². The number of benzene rings is 2. The van der Waals surface area contributed by atoms with E-state index < -0.39 is 22.3 Å². The van der Waals surface area contributed by atoms with Gasteiger partial charge in [-0.1, -0.05) is 35.0 Å². The van der Waals surface area contributed by atoms with Gasteiger partial charge in [-0.05, 0) is 26.0 Å². The number of nitro groups is 1. The Morgan fingerprint density at radius 3 is 2.59 bits per heavy atom. The molecular weight excluding hydrogens is 443 g/mol. The number of aryl methyl sites for hydroxylation is 2. The summed E-state index contributed by atoms with van der Waals surface area (Å²) < 4.78 is 19.2. The summed E-state index contributed by atoms with van der Waals surface area (Å²) in [6.07, 6.45) is 1.45. The fourth-order valence-electron chi connectivity index (χ4n) is 3.91. The number of aromatic nitrogens is 2. The van der Waals surface area contributed by atoms with Crippen LogP contribution in [-0.2, 0) is 6.42 Å². The van der Waals surface area contributed by atoms with E-state index in [2.05, 4.69) is 15.0 Å². The fourth-order valence-corrected chi connectivity index (χ4v) is 3.91. The molecule has 2 aromatic carbocycles. The van der Waals surface area contributed by atoms with Gasteiger partial charge in [0.05, 0.1) is 16.6 Å². The van der Waals surface area contributed by atoms with Crippen LogP contribution < -0.4 is 5.73 Å². The summed E-state index contributed by atoms with van der Waals surface area (Å²) in [4.78, 5) is 31.3. The van der Waals surface area contributed by atoms with Gasteiger partial charge in [0.2, 0.25) is 11.7 Å². The lowest BCUT2D eigenvalue weighted by atomic mass is 10.1. The zero-order chi connectivity index (χ0) is 24.2. The Hall–Kier alpha value is -3.86. The average Bonchev–Trinajstić information content (AvgIpc) is 3.29. The van der Waals surface area contributed by atoms with Gasteiger partial charge in [0, 0.05) is 38.2 Å². The van der Waals surface area contributed by atoms with E-state index in [1.807, 2.05) is 31.2 Å². The predicted molar refractivity (Wildman–Crippen MR) is 123 cm³/mol. The van der Waals surface area contributed by atoms with Gasteiger partial charge in [0.1, 0.15) is 11.5 Å². The monoisotopic (exact) mass is 468 g/mol. The molecule has 0 atom stereocenters. The zero-order valence-corrected chi connectivity index (χ0v) is 18.7. The molecule has 3 aromatic rings. The summed E-state index contributed by atoms with van der Waals surface area (Å²) in [5, 5.41) is 15.1. The second kappa shape index (κ2) is 9.96. The lowest BCUT2D eigenvalue weighted by Gasteiger charge is -2.34. The van der Waals surface area contributed by atoms with Gasteiger partial charge in [-0.2, -0.15) is 4.98 Å². The van der Waals surface area contributed by atoms with E-state index in [1.165, 1.54) is 4.90 Å². The smallest absolute Gasteiger partial charge is 0.295 e. The Morgan fingerprint density at radius 1 is 1.21 bits per heavy atom. The summed E-state index contributed by atoms with van der Waals surface area (Å²) in [5.74, 6) is -0.227. The van der Waals surface area contributed by atoms with Crippen molar-refractivity contribution < 1.29 is 18.6 Å². The van der Waals surface area contributed by atoms with Gasteiger partial charge < -0.3 is 15.2 Å². The molecule has 1 amide bonds. The van der Waals surface area contributed by atoms with Gasteiger partial charge in [0.25, 0.3) is 11.6 Å². The maximum atomic E-state index is 13.8. The molecule has 10 nitrogen and oxygen atoms in total. The molecule has 0 spiro atoms. The maximum Gasteiger partial charge on any atom is 0.295 e. The van der Waals surface area contributed by atoms with Crippen LogP contribution >= 0.6 is 0 Å². The van der Waals surface area contributed by atoms with E-state index in [0.29, 0.717) is 44.3 Å². The first-order chi connectivity index (χ1) is 16.3. The number of nitro benzene ring substituents is 1. The van der Waals surface area contributed by atoms with Gasteiger partial charge in [-0.15, -0.1) is 0 Å². The number of piperazine rings is 1. The zero-order valence-electron chi connectivity index (χ0n) is 18.7. The number of carbonyl (C=O) groups is 1. The quantitative estimate of drug-likeness (QED) is 0.318. The third-order valence-corrected chi connectivity index (χ3v) is 5.85.